The lowest BCUT2D eigenvalue weighted by Gasteiger charge is -2.45. The second-order valence-corrected chi connectivity index (χ2v) is 8.51. The van der Waals surface area contributed by atoms with Gasteiger partial charge in [-0.3, -0.25) is 14.6 Å². The summed E-state index contributed by atoms with van der Waals surface area (Å²) in [5, 5.41) is 2.71. The first-order valence-electron chi connectivity index (χ1n) is 10.5. The first kappa shape index (κ1) is 19.6. The van der Waals surface area contributed by atoms with E-state index >= 15 is 0 Å². The van der Waals surface area contributed by atoms with E-state index in [1.165, 1.54) is 12.8 Å². The van der Waals surface area contributed by atoms with E-state index in [0.717, 1.165) is 29.1 Å². The summed E-state index contributed by atoms with van der Waals surface area (Å²) < 4.78 is 0. The summed E-state index contributed by atoms with van der Waals surface area (Å²) >= 11 is 0. The van der Waals surface area contributed by atoms with Gasteiger partial charge in [-0.15, -0.1) is 0 Å². The molecular formula is C24H29N3O2. The molecule has 0 spiro atoms. The number of amides is 2. The maximum atomic E-state index is 12.7. The van der Waals surface area contributed by atoms with Crippen LogP contribution >= 0.6 is 0 Å². The van der Waals surface area contributed by atoms with Gasteiger partial charge >= 0.3 is 0 Å². The fourth-order valence-electron chi connectivity index (χ4n) is 4.97. The quantitative estimate of drug-likeness (QED) is 0.861. The van der Waals surface area contributed by atoms with Crippen molar-refractivity contribution in [3.05, 3.63) is 58.9 Å². The van der Waals surface area contributed by atoms with Crippen molar-refractivity contribution in [2.75, 3.05) is 11.9 Å². The molecule has 5 heteroatoms. The van der Waals surface area contributed by atoms with Crippen LogP contribution in [-0.2, 0) is 11.2 Å². The summed E-state index contributed by atoms with van der Waals surface area (Å²) in [6.07, 6.45) is 3.17. The Bertz CT molecular complexity index is 951. The molecule has 1 aromatic carbocycles. The Balaban J connectivity index is 1.83. The lowest BCUT2D eigenvalue weighted by molar-refractivity contribution is -0.117. The third-order valence-electron chi connectivity index (χ3n) is 6.47. The third-order valence-corrected chi connectivity index (χ3v) is 6.47. The van der Waals surface area contributed by atoms with Crippen LogP contribution in [-0.4, -0.2) is 29.9 Å². The molecular weight excluding hydrogens is 362 g/mol. The zero-order chi connectivity index (χ0) is 20.7. The van der Waals surface area contributed by atoms with Crippen molar-refractivity contribution in [1.29, 1.82) is 0 Å². The minimum absolute atomic E-state index is 0.0785. The van der Waals surface area contributed by atoms with Crippen molar-refractivity contribution in [3.63, 3.8) is 0 Å². The normalized spacial score (nSPS) is 23.4. The fraction of sp³-hybridized carbons (Fsp3) is 0.458. The summed E-state index contributed by atoms with van der Waals surface area (Å²) in [5.74, 6) is 1.04. The van der Waals surface area contributed by atoms with Gasteiger partial charge in [-0.25, -0.2) is 0 Å². The van der Waals surface area contributed by atoms with Crippen LogP contribution in [0.2, 0.25) is 0 Å². The second-order valence-electron chi connectivity index (χ2n) is 8.51. The van der Waals surface area contributed by atoms with E-state index in [4.69, 9.17) is 4.98 Å². The molecule has 1 aliphatic heterocycles. The molecule has 1 unspecified atom stereocenters. The number of nitrogens with zero attached hydrogens (tertiary/aromatic N) is 2. The van der Waals surface area contributed by atoms with Gasteiger partial charge in [0.1, 0.15) is 0 Å². The Hall–Kier alpha value is -2.69. The van der Waals surface area contributed by atoms with Gasteiger partial charge < -0.3 is 10.2 Å². The van der Waals surface area contributed by atoms with Crippen LogP contribution in [0.4, 0.5) is 5.69 Å². The predicted molar refractivity (Wildman–Crippen MR) is 114 cm³/mol. The molecule has 0 saturated heterocycles. The summed E-state index contributed by atoms with van der Waals surface area (Å²) in [4.78, 5) is 31.7. The van der Waals surface area contributed by atoms with Crippen molar-refractivity contribution < 1.29 is 9.59 Å². The number of fused-ring (bicyclic) bond motifs is 1. The average molecular weight is 392 g/mol. The van der Waals surface area contributed by atoms with Gasteiger partial charge in [0, 0.05) is 42.7 Å². The average Bonchev–Trinajstić information content (AvgIpc) is 3.53. The van der Waals surface area contributed by atoms with Crippen molar-refractivity contribution in [3.8, 4) is 0 Å². The lowest BCUT2D eigenvalue weighted by Crippen LogP contribution is -2.50. The fourth-order valence-corrected chi connectivity index (χ4v) is 4.97. The molecule has 1 aromatic heterocycles. The second kappa shape index (κ2) is 7.62. The standard InChI is InChI=1S/C24H29N3O2/c1-14-6-5-7-19(26-14)13-20-15(2)23(17-8-9-17)27(16(3)28)22-11-10-18(12-21(20)22)24(29)25-4/h5-7,10-12,15,17,20,23H,8-9,13H2,1-4H3,(H,25,29)/t15-,20?,23-/m1/s1. The molecule has 0 radical (unpaired) electrons. The molecule has 3 atom stereocenters. The van der Waals surface area contributed by atoms with Crippen molar-refractivity contribution in [1.82, 2.24) is 10.3 Å². The number of nitrogens with one attached hydrogen (secondary N) is 1. The maximum Gasteiger partial charge on any atom is 0.251 e. The van der Waals surface area contributed by atoms with Crippen LogP contribution in [0.3, 0.4) is 0 Å². The van der Waals surface area contributed by atoms with E-state index in [2.05, 4.69) is 18.3 Å². The number of aryl methyl sites for hydroxylation is 1. The van der Waals surface area contributed by atoms with Crippen LogP contribution in [0.5, 0.6) is 0 Å². The SMILES string of the molecule is CNC(=O)c1ccc2c(c1)C(Cc1cccc(C)n1)[C@@H](C)[C@H](C1CC1)N2C(C)=O. The molecule has 0 bridgehead atoms. The van der Waals surface area contributed by atoms with Crippen LogP contribution in [0.15, 0.2) is 36.4 Å². The summed E-state index contributed by atoms with van der Waals surface area (Å²) in [6.45, 7) is 5.92. The van der Waals surface area contributed by atoms with Gasteiger partial charge in [0.15, 0.2) is 0 Å². The number of rotatable bonds is 4. The topological polar surface area (TPSA) is 62.3 Å². The monoisotopic (exact) mass is 391 g/mol. The molecule has 1 fully saturated rings. The zero-order valence-electron chi connectivity index (χ0n) is 17.6. The number of anilines is 1. The molecule has 29 heavy (non-hydrogen) atoms. The third kappa shape index (κ3) is 3.66. The molecule has 4 rings (SSSR count). The highest BCUT2D eigenvalue weighted by molar-refractivity contribution is 5.97. The van der Waals surface area contributed by atoms with Crippen molar-refractivity contribution in [2.24, 2.45) is 11.8 Å². The number of pyridine rings is 1. The highest BCUT2D eigenvalue weighted by Gasteiger charge is 2.47. The smallest absolute Gasteiger partial charge is 0.251 e. The van der Waals surface area contributed by atoms with E-state index in [-0.39, 0.29) is 23.8 Å². The molecule has 1 saturated carbocycles. The van der Waals surface area contributed by atoms with E-state index < -0.39 is 0 Å². The van der Waals surface area contributed by atoms with E-state index in [1.807, 2.05) is 42.2 Å². The molecule has 2 aromatic rings. The van der Waals surface area contributed by atoms with E-state index in [0.29, 0.717) is 17.4 Å². The Morgan fingerprint density at radius 1 is 1.21 bits per heavy atom. The first-order chi connectivity index (χ1) is 13.9. The Morgan fingerprint density at radius 3 is 2.59 bits per heavy atom. The summed E-state index contributed by atoms with van der Waals surface area (Å²) in [6, 6.07) is 12.1. The van der Waals surface area contributed by atoms with Crippen LogP contribution in [0.25, 0.3) is 0 Å². The van der Waals surface area contributed by atoms with E-state index in [9.17, 15) is 9.59 Å². The zero-order valence-corrected chi connectivity index (χ0v) is 17.6. The largest absolute Gasteiger partial charge is 0.355 e. The number of carbonyl (C=O) groups is 2. The summed E-state index contributed by atoms with van der Waals surface area (Å²) in [5.41, 5.74) is 4.74. The highest BCUT2D eigenvalue weighted by Crippen LogP contribution is 2.50. The minimum atomic E-state index is -0.105. The van der Waals surface area contributed by atoms with Gasteiger partial charge in [0.25, 0.3) is 5.91 Å². The maximum absolute atomic E-state index is 12.7. The Labute approximate surface area is 172 Å². The lowest BCUT2D eigenvalue weighted by atomic mass is 9.73. The summed E-state index contributed by atoms with van der Waals surface area (Å²) in [7, 11) is 1.64. The highest BCUT2D eigenvalue weighted by atomic mass is 16.2. The number of aromatic nitrogens is 1. The van der Waals surface area contributed by atoms with Gasteiger partial charge in [-0.1, -0.05) is 13.0 Å². The number of hydrogen-bond acceptors (Lipinski definition) is 3. The Kier molecular flexibility index (Phi) is 5.15. The van der Waals surface area contributed by atoms with Gasteiger partial charge in [-0.05, 0) is 79.8 Å². The molecule has 2 heterocycles. The van der Waals surface area contributed by atoms with Gasteiger partial charge in [0.2, 0.25) is 5.91 Å². The number of benzene rings is 1. The van der Waals surface area contributed by atoms with Crippen LogP contribution in [0.1, 0.15) is 59.9 Å². The molecule has 5 nitrogen and oxygen atoms in total. The number of carbonyl (C=O) groups excluding carboxylic acids is 2. The predicted octanol–water partition coefficient (Wildman–Crippen LogP) is 3.86. The Morgan fingerprint density at radius 2 is 1.97 bits per heavy atom. The first-order valence-corrected chi connectivity index (χ1v) is 10.5. The van der Waals surface area contributed by atoms with Gasteiger partial charge in [0.05, 0.1) is 0 Å². The molecule has 1 N–H and O–H groups in total. The van der Waals surface area contributed by atoms with Crippen molar-refractivity contribution in [2.45, 2.75) is 52.0 Å². The van der Waals surface area contributed by atoms with E-state index in [1.54, 1.807) is 14.0 Å². The molecule has 2 amide bonds. The molecule has 1 aliphatic carbocycles. The molecule has 152 valence electrons. The van der Waals surface area contributed by atoms with Gasteiger partial charge in [-0.2, -0.15) is 0 Å². The minimum Gasteiger partial charge on any atom is -0.355 e. The number of hydrogen-bond donors (Lipinski definition) is 1. The van der Waals surface area contributed by atoms with Crippen molar-refractivity contribution >= 4 is 17.5 Å². The molecule has 2 aliphatic rings. The van der Waals surface area contributed by atoms with Crippen LogP contribution in [0, 0.1) is 18.8 Å². The van der Waals surface area contributed by atoms with Crippen LogP contribution < -0.4 is 10.2 Å².